The van der Waals surface area contributed by atoms with E-state index < -0.39 is 12.1 Å². The molecule has 3 N–H and O–H groups in total. The maximum atomic E-state index is 12.4. The summed E-state index contributed by atoms with van der Waals surface area (Å²) in [7, 11) is 0. The lowest BCUT2D eigenvalue weighted by Gasteiger charge is -2.19. The Labute approximate surface area is 380 Å². The van der Waals surface area contributed by atoms with Crippen LogP contribution in [0.4, 0.5) is 0 Å². The van der Waals surface area contributed by atoms with Gasteiger partial charge in [-0.1, -0.05) is 250 Å². The van der Waals surface area contributed by atoms with Crippen LogP contribution in [0.25, 0.3) is 0 Å². The minimum absolute atomic E-state index is 0.0333. The highest BCUT2D eigenvalue weighted by Gasteiger charge is 2.18. The van der Waals surface area contributed by atoms with Crippen LogP contribution in [-0.2, 0) is 14.3 Å². The number of aliphatic hydroxyl groups excluding tert-OH is 2. The zero-order chi connectivity index (χ0) is 44.4. The first kappa shape index (κ1) is 59.3. The highest BCUT2D eigenvalue weighted by molar-refractivity contribution is 5.76. The van der Waals surface area contributed by atoms with Crippen LogP contribution >= 0.6 is 0 Å². The average Bonchev–Trinajstić information content (AvgIpc) is 3.26. The van der Waals surface area contributed by atoms with E-state index in [1.807, 2.05) is 6.08 Å². The van der Waals surface area contributed by atoms with Gasteiger partial charge in [-0.3, -0.25) is 9.59 Å². The third kappa shape index (κ3) is 47.7. The predicted molar refractivity (Wildman–Crippen MR) is 264 cm³/mol. The van der Waals surface area contributed by atoms with Crippen molar-refractivity contribution in [1.29, 1.82) is 0 Å². The molecule has 0 aromatic carbocycles. The van der Waals surface area contributed by atoms with Crippen LogP contribution in [0.1, 0.15) is 290 Å². The fourth-order valence-electron chi connectivity index (χ4n) is 8.28. The molecule has 0 heterocycles. The summed E-state index contributed by atoms with van der Waals surface area (Å²) < 4.78 is 5.46. The number of carbonyl (C=O) groups excluding carboxylic acids is 2. The number of unbranched alkanes of at least 4 members (excludes halogenated alkanes) is 37. The molecule has 0 fully saturated rings. The molecule has 0 aromatic heterocycles. The van der Waals surface area contributed by atoms with E-state index >= 15 is 0 Å². The fourth-order valence-corrected chi connectivity index (χ4v) is 8.28. The Bertz CT molecular complexity index is 951. The second-order valence-electron chi connectivity index (χ2n) is 18.6. The summed E-state index contributed by atoms with van der Waals surface area (Å²) >= 11 is 0. The van der Waals surface area contributed by atoms with E-state index in [0.29, 0.717) is 19.4 Å². The first-order valence-electron chi connectivity index (χ1n) is 27.1. The molecule has 0 aliphatic rings. The lowest BCUT2D eigenvalue weighted by Crippen LogP contribution is -2.45. The van der Waals surface area contributed by atoms with Gasteiger partial charge in [-0.05, 0) is 51.4 Å². The highest BCUT2D eigenvalue weighted by atomic mass is 16.5. The third-order valence-electron chi connectivity index (χ3n) is 12.5. The molecule has 2 atom stereocenters. The van der Waals surface area contributed by atoms with Crippen LogP contribution in [0.5, 0.6) is 0 Å². The maximum absolute atomic E-state index is 12.4. The number of allylic oxidation sites excluding steroid dienone is 3. The second kappa shape index (κ2) is 51.0. The van der Waals surface area contributed by atoms with Gasteiger partial charge in [-0.2, -0.15) is 0 Å². The molecule has 0 aliphatic heterocycles. The summed E-state index contributed by atoms with van der Waals surface area (Å²) in [6.07, 6.45) is 60.5. The Hall–Kier alpha value is -1.66. The quantitative estimate of drug-likeness (QED) is 0.0322. The lowest BCUT2D eigenvalue weighted by molar-refractivity contribution is -0.143. The van der Waals surface area contributed by atoms with E-state index in [9.17, 15) is 19.8 Å². The zero-order valence-corrected chi connectivity index (χ0v) is 40.9. The van der Waals surface area contributed by atoms with Gasteiger partial charge >= 0.3 is 5.97 Å². The van der Waals surface area contributed by atoms with E-state index in [4.69, 9.17) is 4.74 Å². The van der Waals surface area contributed by atoms with E-state index in [1.54, 1.807) is 6.08 Å². The van der Waals surface area contributed by atoms with E-state index in [0.717, 1.165) is 70.6 Å². The van der Waals surface area contributed by atoms with Crippen molar-refractivity contribution in [3.8, 4) is 0 Å². The van der Waals surface area contributed by atoms with Crippen LogP contribution in [0, 0.1) is 0 Å². The Morgan fingerprint density at radius 1 is 0.443 bits per heavy atom. The summed E-state index contributed by atoms with van der Waals surface area (Å²) in [5, 5.41) is 23.0. The van der Waals surface area contributed by atoms with Gasteiger partial charge in [-0.15, -0.1) is 0 Å². The van der Waals surface area contributed by atoms with Crippen molar-refractivity contribution in [2.24, 2.45) is 0 Å². The van der Waals surface area contributed by atoms with Gasteiger partial charge in [0.2, 0.25) is 5.91 Å². The Balaban J connectivity index is 3.53. The van der Waals surface area contributed by atoms with Crippen LogP contribution in [0.2, 0.25) is 0 Å². The summed E-state index contributed by atoms with van der Waals surface area (Å²) in [4.78, 5) is 24.5. The van der Waals surface area contributed by atoms with Gasteiger partial charge < -0.3 is 20.3 Å². The van der Waals surface area contributed by atoms with E-state index in [1.165, 1.54) is 193 Å². The van der Waals surface area contributed by atoms with Crippen LogP contribution in [-0.4, -0.2) is 47.4 Å². The first-order chi connectivity index (χ1) is 30.0. The number of carbonyl (C=O) groups is 2. The topological polar surface area (TPSA) is 95.9 Å². The lowest BCUT2D eigenvalue weighted by atomic mass is 10.0. The monoisotopic (exact) mass is 860 g/mol. The smallest absolute Gasteiger partial charge is 0.305 e. The van der Waals surface area contributed by atoms with Crippen molar-refractivity contribution in [1.82, 2.24) is 5.32 Å². The molecule has 2 unspecified atom stereocenters. The summed E-state index contributed by atoms with van der Waals surface area (Å²) in [5.74, 6) is -0.160. The standard InChI is InChI=1S/C55H105NO5/c1-3-5-7-9-11-13-15-17-19-21-22-23-25-27-29-33-37-41-45-49-55(60)61-50-46-42-38-34-30-32-36-40-44-48-54(59)56-52(51-57)53(58)47-43-39-35-31-28-26-24-20-18-16-14-12-10-8-6-4-2/h32,36,43,47,52-53,57-58H,3-31,33-35,37-42,44-46,48-51H2,1-2H3,(H,56,59)/b36-32-,47-43+. The zero-order valence-electron chi connectivity index (χ0n) is 40.9. The van der Waals surface area contributed by atoms with Gasteiger partial charge in [-0.25, -0.2) is 0 Å². The van der Waals surface area contributed by atoms with Crippen LogP contribution < -0.4 is 5.32 Å². The summed E-state index contributed by atoms with van der Waals surface area (Å²) in [6.45, 7) is 4.83. The molecule has 61 heavy (non-hydrogen) atoms. The molecule has 0 aliphatic carbocycles. The Morgan fingerprint density at radius 3 is 1.20 bits per heavy atom. The van der Waals surface area contributed by atoms with E-state index in [2.05, 4.69) is 31.3 Å². The van der Waals surface area contributed by atoms with Gasteiger partial charge in [0.1, 0.15) is 0 Å². The number of ether oxygens (including phenoxy) is 1. The molecule has 0 spiro atoms. The van der Waals surface area contributed by atoms with Gasteiger partial charge in [0, 0.05) is 12.8 Å². The number of aliphatic hydroxyl groups is 2. The number of esters is 1. The normalized spacial score (nSPS) is 12.8. The van der Waals surface area contributed by atoms with Gasteiger partial charge in [0.25, 0.3) is 0 Å². The van der Waals surface area contributed by atoms with Crippen molar-refractivity contribution >= 4 is 11.9 Å². The molecule has 6 heteroatoms. The number of amides is 1. The van der Waals surface area contributed by atoms with Crippen LogP contribution in [0.3, 0.4) is 0 Å². The molecule has 0 saturated carbocycles. The third-order valence-corrected chi connectivity index (χ3v) is 12.5. The highest BCUT2D eigenvalue weighted by Crippen LogP contribution is 2.16. The maximum Gasteiger partial charge on any atom is 0.305 e. The molecule has 0 rings (SSSR count). The molecule has 6 nitrogen and oxygen atoms in total. The largest absolute Gasteiger partial charge is 0.466 e. The van der Waals surface area contributed by atoms with Gasteiger partial charge in [0.05, 0.1) is 25.4 Å². The molecule has 0 aromatic rings. The van der Waals surface area contributed by atoms with Crippen molar-refractivity contribution in [2.45, 2.75) is 302 Å². The van der Waals surface area contributed by atoms with Crippen molar-refractivity contribution in [3.05, 3.63) is 24.3 Å². The minimum Gasteiger partial charge on any atom is -0.466 e. The SMILES string of the molecule is CCCCCCCCCCCCCCCC/C=C/C(O)C(CO)NC(=O)CCC/C=C\CCCCCCOC(=O)CCCCCCCCCCCCCCCCCCCCC. The van der Waals surface area contributed by atoms with Gasteiger partial charge in [0.15, 0.2) is 0 Å². The molecule has 360 valence electrons. The second-order valence-corrected chi connectivity index (χ2v) is 18.6. The van der Waals surface area contributed by atoms with Crippen molar-refractivity contribution < 1.29 is 24.5 Å². The predicted octanol–water partition coefficient (Wildman–Crippen LogP) is 16.3. The Morgan fingerprint density at radius 2 is 0.787 bits per heavy atom. The molecule has 0 bridgehead atoms. The number of rotatable bonds is 50. The summed E-state index contributed by atoms with van der Waals surface area (Å²) in [6, 6.07) is -0.664. The molecular formula is C55H105NO5. The fraction of sp³-hybridized carbons (Fsp3) is 0.891. The van der Waals surface area contributed by atoms with Crippen molar-refractivity contribution in [3.63, 3.8) is 0 Å². The molecule has 0 radical (unpaired) electrons. The molecule has 0 saturated heterocycles. The van der Waals surface area contributed by atoms with Crippen molar-refractivity contribution in [2.75, 3.05) is 13.2 Å². The Kier molecular flexibility index (Phi) is 49.6. The molecule has 1 amide bonds. The number of hydrogen-bond donors (Lipinski definition) is 3. The number of hydrogen-bond acceptors (Lipinski definition) is 5. The van der Waals surface area contributed by atoms with Crippen LogP contribution in [0.15, 0.2) is 24.3 Å². The molecular weight excluding hydrogens is 755 g/mol. The average molecular weight is 860 g/mol. The minimum atomic E-state index is -0.874. The first-order valence-corrected chi connectivity index (χ1v) is 27.1. The number of nitrogens with one attached hydrogen (secondary N) is 1. The van der Waals surface area contributed by atoms with E-state index in [-0.39, 0.29) is 18.5 Å². The summed E-state index contributed by atoms with van der Waals surface area (Å²) in [5.41, 5.74) is 0.